The summed E-state index contributed by atoms with van der Waals surface area (Å²) in [4.78, 5) is 0. The van der Waals surface area contributed by atoms with Gasteiger partial charge in [-0.1, -0.05) is 72.2 Å². The lowest BCUT2D eigenvalue weighted by atomic mass is 9.97. The fourth-order valence-corrected chi connectivity index (χ4v) is 2.91. The largest absolute Gasteiger partial charge is 0.310 e. The maximum Gasteiger partial charge on any atom is 0.0361 e. The van der Waals surface area contributed by atoms with Crippen LogP contribution >= 0.6 is 15.9 Å². The summed E-state index contributed by atoms with van der Waals surface area (Å²) in [7, 11) is 0. The van der Waals surface area contributed by atoms with Crippen LogP contribution < -0.4 is 5.32 Å². The molecule has 0 aliphatic heterocycles. The lowest BCUT2D eigenvalue weighted by Gasteiger charge is -2.20. The number of benzene rings is 2. The third-order valence-electron chi connectivity index (χ3n) is 3.59. The van der Waals surface area contributed by atoms with Crippen molar-refractivity contribution in [3.8, 4) is 0 Å². The van der Waals surface area contributed by atoms with E-state index < -0.39 is 0 Å². The number of likely N-dealkylation sites (N-methyl/N-ethyl adjacent to an activating group) is 1. The predicted octanol–water partition coefficient (Wildman–Crippen LogP) is 4.90. The second-order valence-electron chi connectivity index (χ2n) is 5.00. The molecule has 1 N–H and O–H groups in total. The molecule has 2 rings (SSSR count). The summed E-state index contributed by atoms with van der Waals surface area (Å²) in [6.45, 7) is 5.34. The minimum absolute atomic E-state index is 0.366. The Balaban J connectivity index is 2.24. The van der Waals surface area contributed by atoms with Crippen molar-refractivity contribution >= 4 is 15.9 Å². The molecule has 0 aromatic heterocycles. The van der Waals surface area contributed by atoms with E-state index in [9.17, 15) is 0 Å². The first-order valence-corrected chi connectivity index (χ1v) is 8.09. The van der Waals surface area contributed by atoms with Gasteiger partial charge >= 0.3 is 0 Å². The van der Waals surface area contributed by atoms with E-state index in [0.717, 1.165) is 19.4 Å². The number of halogens is 1. The summed E-state index contributed by atoms with van der Waals surface area (Å²) in [5, 5.41) is 3.61. The molecule has 0 spiro atoms. The predicted molar refractivity (Wildman–Crippen MR) is 90.1 cm³/mol. The average molecular weight is 332 g/mol. The van der Waals surface area contributed by atoms with Gasteiger partial charge in [0.1, 0.15) is 0 Å². The zero-order valence-corrected chi connectivity index (χ0v) is 13.8. The van der Waals surface area contributed by atoms with Crippen molar-refractivity contribution in [1.82, 2.24) is 5.32 Å². The van der Waals surface area contributed by atoms with E-state index in [-0.39, 0.29) is 0 Å². The SMILES string of the molecule is CCNC(Cc1ccccc1Br)c1cccc(CC)c1. The normalized spacial score (nSPS) is 12.3. The molecule has 2 aromatic rings. The Morgan fingerprint density at radius 3 is 2.55 bits per heavy atom. The van der Waals surface area contributed by atoms with Gasteiger partial charge in [0.25, 0.3) is 0 Å². The first-order valence-electron chi connectivity index (χ1n) is 7.30. The highest BCUT2D eigenvalue weighted by Gasteiger charge is 2.13. The number of hydrogen-bond donors (Lipinski definition) is 1. The van der Waals surface area contributed by atoms with E-state index in [1.807, 2.05) is 0 Å². The zero-order chi connectivity index (χ0) is 14.4. The number of hydrogen-bond acceptors (Lipinski definition) is 1. The highest BCUT2D eigenvalue weighted by molar-refractivity contribution is 9.10. The second-order valence-corrected chi connectivity index (χ2v) is 5.86. The number of aryl methyl sites for hydroxylation is 1. The molecule has 0 saturated carbocycles. The van der Waals surface area contributed by atoms with Crippen LogP contribution in [0.4, 0.5) is 0 Å². The van der Waals surface area contributed by atoms with Crippen molar-refractivity contribution in [2.45, 2.75) is 32.7 Å². The van der Waals surface area contributed by atoms with Gasteiger partial charge in [-0.25, -0.2) is 0 Å². The van der Waals surface area contributed by atoms with Crippen LogP contribution in [0.2, 0.25) is 0 Å². The summed E-state index contributed by atoms with van der Waals surface area (Å²) in [6.07, 6.45) is 2.09. The topological polar surface area (TPSA) is 12.0 Å². The van der Waals surface area contributed by atoms with Gasteiger partial charge in [0, 0.05) is 10.5 Å². The molecule has 0 aliphatic carbocycles. The van der Waals surface area contributed by atoms with Gasteiger partial charge in [-0.05, 0) is 42.1 Å². The van der Waals surface area contributed by atoms with Crippen LogP contribution in [0.15, 0.2) is 53.0 Å². The van der Waals surface area contributed by atoms with E-state index in [1.165, 1.54) is 21.2 Å². The van der Waals surface area contributed by atoms with Crippen molar-refractivity contribution in [1.29, 1.82) is 0 Å². The summed E-state index contributed by atoms with van der Waals surface area (Å²) < 4.78 is 1.19. The average Bonchev–Trinajstić information content (AvgIpc) is 2.49. The number of nitrogens with one attached hydrogen (secondary N) is 1. The molecule has 20 heavy (non-hydrogen) atoms. The molecular formula is C18H22BrN. The molecule has 0 heterocycles. The first-order chi connectivity index (χ1) is 9.74. The maximum absolute atomic E-state index is 3.65. The van der Waals surface area contributed by atoms with Crippen molar-refractivity contribution < 1.29 is 0 Å². The number of rotatable bonds is 6. The third-order valence-corrected chi connectivity index (χ3v) is 4.37. The molecule has 0 radical (unpaired) electrons. The van der Waals surface area contributed by atoms with Crippen LogP contribution in [0, 0.1) is 0 Å². The van der Waals surface area contributed by atoms with E-state index in [1.54, 1.807) is 0 Å². The molecule has 0 aliphatic rings. The first kappa shape index (κ1) is 15.3. The van der Waals surface area contributed by atoms with Gasteiger partial charge in [-0.2, -0.15) is 0 Å². The molecule has 0 saturated heterocycles. The molecular weight excluding hydrogens is 310 g/mol. The molecule has 0 fully saturated rings. The quantitative estimate of drug-likeness (QED) is 0.793. The highest BCUT2D eigenvalue weighted by Crippen LogP contribution is 2.24. The molecule has 1 nitrogen and oxygen atoms in total. The van der Waals surface area contributed by atoms with E-state index in [0.29, 0.717) is 6.04 Å². The van der Waals surface area contributed by atoms with Crippen molar-refractivity contribution in [2.24, 2.45) is 0 Å². The van der Waals surface area contributed by atoms with Crippen molar-refractivity contribution in [3.63, 3.8) is 0 Å². The van der Waals surface area contributed by atoms with E-state index >= 15 is 0 Å². The van der Waals surface area contributed by atoms with Gasteiger partial charge in [0.05, 0.1) is 0 Å². The standard InChI is InChI=1S/C18H22BrN/c1-3-14-8-7-10-16(12-14)18(20-4-2)13-15-9-5-6-11-17(15)19/h5-12,18,20H,3-4,13H2,1-2H3. The Hall–Kier alpha value is -1.12. The van der Waals surface area contributed by atoms with Crippen LogP contribution in [0.25, 0.3) is 0 Å². The molecule has 1 atom stereocenters. The van der Waals surface area contributed by atoms with Crippen LogP contribution in [0.5, 0.6) is 0 Å². The fraction of sp³-hybridized carbons (Fsp3) is 0.333. The van der Waals surface area contributed by atoms with Gasteiger partial charge in [-0.3, -0.25) is 0 Å². The zero-order valence-electron chi connectivity index (χ0n) is 12.2. The van der Waals surface area contributed by atoms with Gasteiger partial charge in [0.2, 0.25) is 0 Å². The van der Waals surface area contributed by atoms with Crippen LogP contribution in [0.3, 0.4) is 0 Å². The summed E-state index contributed by atoms with van der Waals surface area (Å²) in [6, 6.07) is 17.7. The highest BCUT2D eigenvalue weighted by atomic mass is 79.9. The van der Waals surface area contributed by atoms with Gasteiger partial charge < -0.3 is 5.32 Å². The Bertz CT molecular complexity index is 551. The maximum atomic E-state index is 3.65. The Morgan fingerprint density at radius 1 is 1.05 bits per heavy atom. The van der Waals surface area contributed by atoms with E-state index in [2.05, 4.69) is 83.6 Å². The lowest BCUT2D eigenvalue weighted by molar-refractivity contribution is 0.548. The van der Waals surface area contributed by atoms with Crippen LogP contribution in [-0.4, -0.2) is 6.54 Å². The molecule has 0 amide bonds. The second kappa shape index (κ2) is 7.61. The minimum atomic E-state index is 0.366. The smallest absolute Gasteiger partial charge is 0.0361 e. The van der Waals surface area contributed by atoms with Crippen molar-refractivity contribution in [3.05, 3.63) is 69.7 Å². The monoisotopic (exact) mass is 331 g/mol. The molecule has 0 bridgehead atoms. The Labute approximate surface area is 130 Å². The van der Waals surface area contributed by atoms with Gasteiger partial charge in [-0.15, -0.1) is 0 Å². The fourth-order valence-electron chi connectivity index (χ4n) is 2.47. The van der Waals surface area contributed by atoms with Gasteiger partial charge in [0.15, 0.2) is 0 Å². The van der Waals surface area contributed by atoms with Crippen molar-refractivity contribution in [2.75, 3.05) is 6.54 Å². The Morgan fingerprint density at radius 2 is 1.85 bits per heavy atom. The van der Waals surface area contributed by atoms with Crippen LogP contribution in [0.1, 0.15) is 36.6 Å². The van der Waals surface area contributed by atoms with Crippen LogP contribution in [-0.2, 0) is 12.8 Å². The lowest BCUT2D eigenvalue weighted by Crippen LogP contribution is -2.23. The summed E-state index contributed by atoms with van der Waals surface area (Å²) in [5.74, 6) is 0. The minimum Gasteiger partial charge on any atom is -0.310 e. The molecule has 2 aromatic carbocycles. The molecule has 1 unspecified atom stereocenters. The summed E-state index contributed by atoms with van der Waals surface area (Å²) >= 11 is 3.65. The summed E-state index contributed by atoms with van der Waals surface area (Å²) in [5.41, 5.74) is 4.12. The Kier molecular flexibility index (Phi) is 5.81. The molecule has 2 heteroatoms. The van der Waals surface area contributed by atoms with E-state index in [4.69, 9.17) is 0 Å². The molecule has 106 valence electrons. The third kappa shape index (κ3) is 3.94.